The Morgan fingerprint density at radius 1 is 1.25 bits per heavy atom. The van der Waals surface area contributed by atoms with Gasteiger partial charge in [-0.1, -0.05) is 13.8 Å². The lowest BCUT2D eigenvalue weighted by Gasteiger charge is -2.36. The van der Waals surface area contributed by atoms with Crippen LogP contribution in [0.4, 0.5) is 4.79 Å². The molecular weight excluding hydrogens is 306 g/mol. The molecule has 0 bridgehead atoms. The highest BCUT2D eigenvalue weighted by atomic mass is 16.6. The average Bonchev–Trinajstić information content (AvgIpc) is 2.89. The van der Waals surface area contributed by atoms with Crippen molar-refractivity contribution in [3.8, 4) is 0 Å². The van der Waals surface area contributed by atoms with Crippen LogP contribution in [0.5, 0.6) is 0 Å². The lowest BCUT2D eigenvalue weighted by Crippen LogP contribution is -2.54. The third-order valence-corrected chi connectivity index (χ3v) is 4.32. The number of carbonyl (C=O) groups is 2. The zero-order chi connectivity index (χ0) is 18.7. The lowest BCUT2D eigenvalue weighted by molar-refractivity contribution is -0.136. The number of nitrogens with two attached hydrogens (primary N) is 1. The van der Waals surface area contributed by atoms with E-state index in [1.165, 1.54) is 0 Å². The number of nitrogens with zero attached hydrogens (tertiary/aromatic N) is 2. The molecule has 0 aliphatic carbocycles. The van der Waals surface area contributed by atoms with E-state index < -0.39 is 11.6 Å². The monoisotopic (exact) mass is 341 g/mol. The van der Waals surface area contributed by atoms with Crippen LogP contribution in [0.1, 0.15) is 61.3 Å². The standard InChI is InChI=1S/C18H35N3O3/c1-12(2)15(19)16(22)21(13(3)4)11-14-9-8-10-20(14)17(23)24-18(5,6)7/h12-15H,8-11,19H2,1-7H3/t14?,15-/m0/s1. The Morgan fingerprint density at radius 2 is 1.83 bits per heavy atom. The first-order valence-corrected chi connectivity index (χ1v) is 8.99. The molecule has 1 saturated heterocycles. The Hall–Kier alpha value is -1.30. The second-order valence-corrected chi connectivity index (χ2v) is 8.32. The Labute approximate surface area is 146 Å². The molecule has 1 unspecified atom stereocenters. The first-order valence-electron chi connectivity index (χ1n) is 8.99. The quantitative estimate of drug-likeness (QED) is 0.834. The smallest absolute Gasteiger partial charge is 0.410 e. The number of ether oxygens (including phenoxy) is 1. The summed E-state index contributed by atoms with van der Waals surface area (Å²) in [5.41, 5.74) is 5.54. The minimum Gasteiger partial charge on any atom is -0.444 e. The van der Waals surface area contributed by atoms with Gasteiger partial charge in [-0.05, 0) is 53.4 Å². The zero-order valence-electron chi connectivity index (χ0n) is 16.3. The summed E-state index contributed by atoms with van der Waals surface area (Å²) in [4.78, 5) is 28.7. The molecule has 1 heterocycles. The predicted molar refractivity (Wildman–Crippen MR) is 95.6 cm³/mol. The minimum absolute atomic E-state index is 0.00874. The molecule has 0 aromatic rings. The fourth-order valence-electron chi connectivity index (χ4n) is 2.85. The molecule has 0 saturated carbocycles. The molecule has 0 radical (unpaired) electrons. The number of amides is 2. The molecular formula is C18H35N3O3. The summed E-state index contributed by atoms with van der Waals surface area (Å²) in [6.45, 7) is 14.6. The summed E-state index contributed by atoms with van der Waals surface area (Å²) < 4.78 is 5.50. The zero-order valence-corrected chi connectivity index (χ0v) is 16.3. The Kier molecular flexibility index (Phi) is 7.08. The number of hydrogen-bond acceptors (Lipinski definition) is 4. The summed E-state index contributed by atoms with van der Waals surface area (Å²) in [5.74, 6) is 0.0420. The van der Waals surface area contributed by atoms with Gasteiger partial charge in [0.15, 0.2) is 0 Å². The van der Waals surface area contributed by atoms with Gasteiger partial charge in [0, 0.05) is 19.1 Å². The van der Waals surface area contributed by atoms with Crippen LogP contribution in [0.15, 0.2) is 0 Å². The van der Waals surface area contributed by atoms with Crippen LogP contribution in [-0.4, -0.2) is 58.6 Å². The fourth-order valence-corrected chi connectivity index (χ4v) is 2.85. The molecule has 2 N–H and O–H groups in total. The molecule has 2 amide bonds. The molecule has 1 rings (SSSR count). The van der Waals surface area contributed by atoms with E-state index in [1.807, 2.05) is 48.5 Å². The highest BCUT2D eigenvalue weighted by Gasteiger charge is 2.35. The summed E-state index contributed by atoms with van der Waals surface area (Å²) in [5, 5.41) is 0. The van der Waals surface area contributed by atoms with Crippen molar-refractivity contribution in [3.05, 3.63) is 0 Å². The van der Waals surface area contributed by atoms with Gasteiger partial charge in [0.25, 0.3) is 0 Å². The first-order chi connectivity index (χ1) is 10.9. The topological polar surface area (TPSA) is 75.9 Å². The van der Waals surface area contributed by atoms with Crippen molar-refractivity contribution in [2.45, 2.75) is 85.0 Å². The summed E-state index contributed by atoms with van der Waals surface area (Å²) in [6, 6.07) is -0.474. The lowest BCUT2D eigenvalue weighted by atomic mass is 10.0. The van der Waals surface area contributed by atoms with Crippen LogP contribution < -0.4 is 5.73 Å². The summed E-state index contributed by atoms with van der Waals surface area (Å²) in [7, 11) is 0. The molecule has 0 spiro atoms. The van der Waals surface area contributed by atoms with Crippen LogP contribution in [-0.2, 0) is 9.53 Å². The van der Waals surface area contributed by atoms with E-state index in [0.717, 1.165) is 12.8 Å². The van der Waals surface area contributed by atoms with Crippen molar-refractivity contribution in [1.82, 2.24) is 9.80 Å². The SMILES string of the molecule is CC(C)[C@H](N)C(=O)N(CC1CCCN1C(=O)OC(C)(C)C)C(C)C. The highest BCUT2D eigenvalue weighted by molar-refractivity contribution is 5.82. The van der Waals surface area contributed by atoms with Gasteiger partial charge in [-0.25, -0.2) is 4.79 Å². The van der Waals surface area contributed by atoms with Gasteiger partial charge >= 0.3 is 6.09 Å². The van der Waals surface area contributed by atoms with Crippen LogP contribution in [0.3, 0.4) is 0 Å². The molecule has 6 nitrogen and oxygen atoms in total. The van der Waals surface area contributed by atoms with Crippen LogP contribution >= 0.6 is 0 Å². The van der Waals surface area contributed by atoms with Crippen molar-refractivity contribution in [2.24, 2.45) is 11.7 Å². The maximum atomic E-state index is 12.7. The Balaban J connectivity index is 2.82. The van der Waals surface area contributed by atoms with Crippen LogP contribution in [0.25, 0.3) is 0 Å². The van der Waals surface area contributed by atoms with Gasteiger partial charge in [-0.15, -0.1) is 0 Å². The Morgan fingerprint density at radius 3 is 2.29 bits per heavy atom. The highest BCUT2D eigenvalue weighted by Crippen LogP contribution is 2.23. The molecule has 6 heteroatoms. The van der Waals surface area contributed by atoms with Crippen LogP contribution in [0, 0.1) is 5.92 Å². The van der Waals surface area contributed by atoms with E-state index in [9.17, 15) is 9.59 Å². The number of carbonyl (C=O) groups excluding carboxylic acids is 2. The minimum atomic E-state index is -0.516. The molecule has 1 aliphatic rings. The van der Waals surface area contributed by atoms with Crippen molar-refractivity contribution in [1.29, 1.82) is 0 Å². The summed E-state index contributed by atoms with van der Waals surface area (Å²) in [6.07, 6.45) is 1.52. The van der Waals surface area contributed by atoms with Gasteiger partial charge in [0.1, 0.15) is 5.60 Å². The second kappa shape index (κ2) is 8.19. The van der Waals surface area contributed by atoms with Gasteiger partial charge in [-0.3, -0.25) is 4.79 Å². The van der Waals surface area contributed by atoms with Gasteiger partial charge in [-0.2, -0.15) is 0 Å². The van der Waals surface area contributed by atoms with E-state index in [-0.39, 0.29) is 30.0 Å². The van der Waals surface area contributed by atoms with Crippen molar-refractivity contribution in [2.75, 3.05) is 13.1 Å². The van der Waals surface area contributed by atoms with Gasteiger partial charge in [0.2, 0.25) is 5.91 Å². The third-order valence-electron chi connectivity index (χ3n) is 4.32. The molecule has 24 heavy (non-hydrogen) atoms. The molecule has 2 atom stereocenters. The van der Waals surface area contributed by atoms with Crippen LogP contribution in [0.2, 0.25) is 0 Å². The maximum absolute atomic E-state index is 12.7. The normalized spacial score (nSPS) is 19.8. The third kappa shape index (κ3) is 5.65. The van der Waals surface area contributed by atoms with E-state index in [0.29, 0.717) is 13.1 Å². The fraction of sp³-hybridized carbons (Fsp3) is 0.889. The van der Waals surface area contributed by atoms with Gasteiger partial charge < -0.3 is 20.3 Å². The number of likely N-dealkylation sites (tertiary alicyclic amines) is 1. The first kappa shape index (κ1) is 20.7. The number of hydrogen-bond donors (Lipinski definition) is 1. The average molecular weight is 341 g/mol. The maximum Gasteiger partial charge on any atom is 0.410 e. The predicted octanol–water partition coefficient (Wildman–Crippen LogP) is 2.61. The second-order valence-electron chi connectivity index (χ2n) is 8.32. The van der Waals surface area contributed by atoms with Gasteiger partial charge in [0.05, 0.1) is 12.1 Å². The summed E-state index contributed by atoms with van der Waals surface area (Å²) >= 11 is 0. The molecule has 1 fully saturated rings. The Bertz CT molecular complexity index is 443. The van der Waals surface area contributed by atoms with Crippen molar-refractivity contribution >= 4 is 12.0 Å². The van der Waals surface area contributed by atoms with E-state index >= 15 is 0 Å². The van der Waals surface area contributed by atoms with E-state index in [2.05, 4.69) is 0 Å². The molecule has 0 aromatic heterocycles. The molecule has 1 aliphatic heterocycles. The largest absolute Gasteiger partial charge is 0.444 e. The van der Waals surface area contributed by atoms with E-state index in [4.69, 9.17) is 10.5 Å². The van der Waals surface area contributed by atoms with Crippen molar-refractivity contribution in [3.63, 3.8) is 0 Å². The van der Waals surface area contributed by atoms with Crippen molar-refractivity contribution < 1.29 is 14.3 Å². The molecule has 0 aromatic carbocycles. The van der Waals surface area contributed by atoms with E-state index in [1.54, 1.807) is 9.80 Å². The number of rotatable bonds is 5. The molecule has 140 valence electrons.